The van der Waals surface area contributed by atoms with Gasteiger partial charge in [0.25, 0.3) is 0 Å². The van der Waals surface area contributed by atoms with Crippen molar-refractivity contribution in [3.63, 3.8) is 0 Å². The summed E-state index contributed by atoms with van der Waals surface area (Å²) in [6.45, 7) is 6.79. The molecule has 0 aromatic carbocycles. The number of anilines is 1. The van der Waals surface area contributed by atoms with Crippen molar-refractivity contribution in [3.8, 4) is 5.88 Å². The van der Waals surface area contributed by atoms with Gasteiger partial charge in [-0.2, -0.15) is 0 Å². The van der Waals surface area contributed by atoms with Crippen LogP contribution in [0, 0.1) is 11.8 Å². The SMILES string of the molecule is CC(C)Oc1ncccc1NC(=O)C(C)C(C)C(=O)O. The normalized spacial score (nSPS) is 13.7. The van der Waals surface area contributed by atoms with Crippen molar-refractivity contribution in [1.82, 2.24) is 4.98 Å². The molecule has 0 saturated carbocycles. The lowest BCUT2D eigenvalue weighted by Crippen LogP contribution is -2.30. The molecule has 110 valence electrons. The average molecular weight is 280 g/mol. The monoisotopic (exact) mass is 280 g/mol. The largest absolute Gasteiger partial charge is 0.481 e. The molecule has 2 unspecified atom stereocenters. The molecule has 0 aliphatic rings. The van der Waals surface area contributed by atoms with Crippen molar-refractivity contribution in [3.05, 3.63) is 18.3 Å². The molecular formula is C14H20N2O4. The maximum Gasteiger partial charge on any atom is 0.307 e. The molecule has 6 nitrogen and oxygen atoms in total. The first-order chi connectivity index (χ1) is 9.32. The Bertz CT molecular complexity index is 488. The molecule has 2 N–H and O–H groups in total. The summed E-state index contributed by atoms with van der Waals surface area (Å²) in [6, 6.07) is 3.34. The van der Waals surface area contributed by atoms with Gasteiger partial charge in [0, 0.05) is 12.1 Å². The molecule has 2 atom stereocenters. The number of nitrogens with zero attached hydrogens (tertiary/aromatic N) is 1. The summed E-state index contributed by atoms with van der Waals surface area (Å²) in [5, 5.41) is 11.6. The number of carboxylic acids is 1. The third-order valence-electron chi connectivity index (χ3n) is 2.93. The van der Waals surface area contributed by atoms with Crippen LogP contribution < -0.4 is 10.1 Å². The quantitative estimate of drug-likeness (QED) is 0.833. The minimum atomic E-state index is -1.00. The van der Waals surface area contributed by atoms with Gasteiger partial charge in [0.1, 0.15) is 5.69 Å². The minimum absolute atomic E-state index is 0.0732. The molecule has 0 bridgehead atoms. The molecule has 0 aliphatic carbocycles. The van der Waals surface area contributed by atoms with Gasteiger partial charge in [-0.1, -0.05) is 13.8 Å². The number of hydrogen-bond donors (Lipinski definition) is 2. The summed E-state index contributed by atoms with van der Waals surface area (Å²) in [4.78, 5) is 27.0. The topological polar surface area (TPSA) is 88.5 Å². The van der Waals surface area contributed by atoms with Gasteiger partial charge >= 0.3 is 5.97 Å². The highest BCUT2D eigenvalue weighted by atomic mass is 16.5. The Morgan fingerprint density at radius 1 is 1.25 bits per heavy atom. The predicted octanol–water partition coefficient (Wildman–Crippen LogP) is 2.16. The Morgan fingerprint density at radius 2 is 1.90 bits per heavy atom. The number of aliphatic carboxylic acids is 1. The summed E-state index contributed by atoms with van der Waals surface area (Å²) < 4.78 is 5.49. The Labute approximate surface area is 118 Å². The van der Waals surface area contributed by atoms with Crippen LogP contribution in [-0.2, 0) is 9.59 Å². The van der Waals surface area contributed by atoms with Gasteiger partial charge < -0.3 is 15.2 Å². The number of aromatic nitrogens is 1. The van der Waals surface area contributed by atoms with E-state index in [9.17, 15) is 9.59 Å². The van der Waals surface area contributed by atoms with Gasteiger partial charge in [-0.15, -0.1) is 0 Å². The fourth-order valence-corrected chi connectivity index (χ4v) is 1.49. The van der Waals surface area contributed by atoms with Gasteiger partial charge in [-0.25, -0.2) is 4.98 Å². The van der Waals surface area contributed by atoms with Gasteiger partial charge in [0.15, 0.2) is 0 Å². The van der Waals surface area contributed by atoms with E-state index in [0.29, 0.717) is 11.6 Å². The van der Waals surface area contributed by atoms with Crippen LogP contribution in [0.1, 0.15) is 27.7 Å². The highest BCUT2D eigenvalue weighted by molar-refractivity contribution is 5.95. The van der Waals surface area contributed by atoms with Crippen LogP contribution in [0.2, 0.25) is 0 Å². The molecule has 1 aromatic rings. The first-order valence-electron chi connectivity index (χ1n) is 6.48. The molecule has 0 aliphatic heterocycles. The van der Waals surface area contributed by atoms with E-state index in [1.807, 2.05) is 13.8 Å². The van der Waals surface area contributed by atoms with E-state index in [1.165, 1.54) is 6.92 Å². The zero-order valence-electron chi connectivity index (χ0n) is 12.1. The van der Waals surface area contributed by atoms with E-state index in [1.54, 1.807) is 25.3 Å². The fourth-order valence-electron chi connectivity index (χ4n) is 1.49. The second kappa shape index (κ2) is 6.88. The molecule has 1 aromatic heterocycles. The summed E-state index contributed by atoms with van der Waals surface area (Å²) in [6.07, 6.45) is 1.49. The lowest BCUT2D eigenvalue weighted by molar-refractivity contribution is -0.145. The zero-order chi connectivity index (χ0) is 15.3. The van der Waals surface area contributed by atoms with Crippen LogP contribution in [-0.4, -0.2) is 28.1 Å². The maximum absolute atomic E-state index is 12.0. The number of carbonyl (C=O) groups excluding carboxylic acids is 1. The number of ether oxygens (including phenoxy) is 1. The van der Waals surface area contributed by atoms with Crippen molar-refractivity contribution < 1.29 is 19.4 Å². The van der Waals surface area contributed by atoms with Gasteiger partial charge in [-0.3, -0.25) is 9.59 Å². The maximum atomic E-state index is 12.0. The minimum Gasteiger partial charge on any atom is -0.481 e. The number of rotatable bonds is 6. The highest BCUT2D eigenvalue weighted by Crippen LogP contribution is 2.23. The third-order valence-corrected chi connectivity index (χ3v) is 2.93. The van der Waals surface area contributed by atoms with Crippen molar-refractivity contribution in [2.24, 2.45) is 11.8 Å². The smallest absolute Gasteiger partial charge is 0.307 e. The number of hydrogen-bond acceptors (Lipinski definition) is 4. The van der Waals surface area contributed by atoms with Crippen LogP contribution in [0.5, 0.6) is 5.88 Å². The fraction of sp³-hybridized carbons (Fsp3) is 0.500. The summed E-state index contributed by atoms with van der Waals surface area (Å²) >= 11 is 0. The number of pyridine rings is 1. The molecule has 0 fully saturated rings. The molecule has 1 heterocycles. The third kappa shape index (κ3) is 4.22. The van der Waals surface area contributed by atoms with Crippen LogP contribution >= 0.6 is 0 Å². The highest BCUT2D eigenvalue weighted by Gasteiger charge is 2.26. The van der Waals surface area contributed by atoms with Gasteiger partial charge in [0.2, 0.25) is 11.8 Å². The first-order valence-corrected chi connectivity index (χ1v) is 6.48. The summed E-state index contributed by atoms with van der Waals surface area (Å²) in [7, 11) is 0. The van der Waals surface area contributed by atoms with Crippen molar-refractivity contribution in [2.45, 2.75) is 33.8 Å². The summed E-state index contributed by atoms with van der Waals surface area (Å²) in [5.41, 5.74) is 0.440. The van der Waals surface area contributed by atoms with Crippen molar-refractivity contribution in [2.75, 3.05) is 5.32 Å². The van der Waals surface area contributed by atoms with E-state index in [-0.39, 0.29) is 12.0 Å². The number of nitrogens with one attached hydrogen (secondary N) is 1. The molecule has 6 heteroatoms. The predicted molar refractivity (Wildman–Crippen MR) is 74.6 cm³/mol. The van der Waals surface area contributed by atoms with Crippen LogP contribution in [0.25, 0.3) is 0 Å². The summed E-state index contributed by atoms with van der Waals surface area (Å²) in [5.74, 6) is -2.47. The number of carboxylic acid groups (broad SMARTS) is 1. The molecule has 0 radical (unpaired) electrons. The van der Waals surface area contributed by atoms with E-state index in [2.05, 4.69) is 10.3 Å². The Balaban J connectivity index is 2.83. The van der Waals surface area contributed by atoms with Crippen LogP contribution in [0.15, 0.2) is 18.3 Å². The Morgan fingerprint density at radius 3 is 2.45 bits per heavy atom. The molecular weight excluding hydrogens is 260 g/mol. The second-order valence-electron chi connectivity index (χ2n) is 4.93. The first kappa shape index (κ1) is 15.9. The van der Waals surface area contributed by atoms with E-state index < -0.39 is 17.8 Å². The van der Waals surface area contributed by atoms with Gasteiger partial charge in [0.05, 0.1) is 12.0 Å². The second-order valence-corrected chi connectivity index (χ2v) is 4.93. The van der Waals surface area contributed by atoms with E-state index >= 15 is 0 Å². The lowest BCUT2D eigenvalue weighted by atomic mass is 9.95. The zero-order valence-corrected chi connectivity index (χ0v) is 12.1. The van der Waals surface area contributed by atoms with E-state index in [4.69, 9.17) is 9.84 Å². The molecule has 0 saturated heterocycles. The molecule has 1 rings (SSSR count). The van der Waals surface area contributed by atoms with Crippen molar-refractivity contribution >= 4 is 17.6 Å². The van der Waals surface area contributed by atoms with Crippen molar-refractivity contribution in [1.29, 1.82) is 0 Å². The lowest BCUT2D eigenvalue weighted by Gasteiger charge is -2.17. The Hall–Kier alpha value is -2.11. The number of amides is 1. The molecule has 0 spiro atoms. The Kier molecular flexibility index (Phi) is 5.49. The van der Waals surface area contributed by atoms with Crippen LogP contribution in [0.4, 0.5) is 5.69 Å². The number of carbonyl (C=O) groups is 2. The van der Waals surface area contributed by atoms with Crippen LogP contribution in [0.3, 0.4) is 0 Å². The molecule has 20 heavy (non-hydrogen) atoms. The average Bonchev–Trinajstić information content (AvgIpc) is 2.38. The standard InChI is InChI=1S/C14H20N2O4/c1-8(2)20-13-11(6-5-7-15-13)16-12(17)9(3)10(4)14(18)19/h5-10H,1-4H3,(H,16,17)(H,18,19). The van der Waals surface area contributed by atoms with E-state index in [0.717, 1.165) is 0 Å². The molecule has 1 amide bonds. The van der Waals surface area contributed by atoms with Gasteiger partial charge in [-0.05, 0) is 26.0 Å².